The number of piperazine rings is 1. The smallest absolute Gasteiger partial charge is 0.243 e. The summed E-state index contributed by atoms with van der Waals surface area (Å²) >= 11 is 0. The monoisotopic (exact) mass is 401 g/mol. The van der Waals surface area contributed by atoms with Gasteiger partial charge in [-0.2, -0.15) is 4.31 Å². The summed E-state index contributed by atoms with van der Waals surface area (Å²) in [6, 6.07) is 17.9. The number of carbonyl (C=O) groups excluding carboxylic acids is 1. The third kappa shape index (κ3) is 4.60. The fraction of sp³-hybridized carbons (Fsp3) is 0.381. The van der Waals surface area contributed by atoms with Crippen LogP contribution in [0.5, 0.6) is 0 Å². The SMILES string of the molecule is C[C@H](C(=O)N[C@H](C)c1ccccc1)N1CCN(S(=O)(=O)c2ccccc2)CC1. The van der Waals surface area contributed by atoms with Crippen LogP contribution < -0.4 is 5.32 Å². The summed E-state index contributed by atoms with van der Waals surface area (Å²) in [5.74, 6) is -0.0456. The van der Waals surface area contributed by atoms with Crippen molar-refractivity contribution in [2.75, 3.05) is 26.2 Å². The van der Waals surface area contributed by atoms with Crippen LogP contribution in [0.2, 0.25) is 0 Å². The highest BCUT2D eigenvalue weighted by atomic mass is 32.2. The zero-order valence-electron chi connectivity index (χ0n) is 16.3. The highest BCUT2D eigenvalue weighted by Crippen LogP contribution is 2.18. The van der Waals surface area contributed by atoms with Gasteiger partial charge < -0.3 is 5.32 Å². The molecule has 0 spiro atoms. The Balaban J connectivity index is 1.56. The fourth-order valence-corrected chi connectivity index (χ4v) is 4.84. The molecule has 1 aliphatic heterocycles. The van der Waals surface area contributed by atoms with Crippen molar-refractivity contribution in [3.05, 3.63) is 66.2 Å². The van der Waals surface area contributed by atoms with Crippen LogP contribution in [0.25, 0.3) is 0 Å². The van der Waals surface area contributed by atoms with E-state index in [1.54, 1.807) is 30.3 Å². The highest BCUT2D eigenvalue weighted by Gasteiger charge is 2.32. The van der Waals surface area contributed by atoms with Crippen LogP contribution >= 0.6 is 0 Å². The molecular weight excluding hydrogens is 374 g/mol. The van der Waals surface area contributed by atoms with E-state index in [2.05, 4.69) is 5.32 Å². The number of hydrogen-bond donors (Lipinski definition) is 1. The zero-order chi connectivity index (χ0) is 20.1. The zero-order valence-corrected chi connectivity index (χ0v) is 17.1. The lowest BCUT2D eigenvalue weighted by atomic mass is 10.1. The van der Waals surface area contributed by atoms with Crippen LogP contribution in [0.1, 0.15) is 25.5 Å². The molecule has 3 rings (SSSR count). The van der Waals surface area contributed by atoms with Gasteiger partial charge in [-0.1, -0.05) is 48.5 Å². The van der Waals surface area contributed by atoms with Gasteiger partial charge in [-0.3, -0.25) is 9.69 Å². The normalized spacial score (nSPS) is 18.4. The van der Waals surface area contributed by atoms with Crippen LogP contribution in [0.3, 0.4) is 0 Å². The molecule has 1 fully saturated rings. The van der Waals surface area contributed by atoms with Gasteiger partial charge in [-0.15, -0.1) is 0 Å². The third-order valence-corrected chi connectivity index (χ3v) is 7.15. The van der Waals surface area contributed by atoms with Crippen molar-refractivity contribution in [3.63, 3.8) is 0 Å². The Bertz CT molecular complexity index is 880. The van der Waals surface area contributed by atoms with Crippen LogP contribution in [0, 0.1) is 0 Å². The second kappa shape index (κ2) is 8.86. The van der Waals surface area contributed by atoms with E-state index in [9.17, 15) is 13.2 Å². The van der Waals surface area contributed by atoms with E-state index in [0.29, 0.717) is 31.1 Å². The predicted molar refractivity (Wildman–Crippen MR) is 109 cm³/mol. The topological polar surface area (TPSA) is 69.7 Å². The number of hydrogen-bond acceptors (Lipinski definition) is 4. The van der Waals surface area contributed by atoms with Gasteiger partial charge in [0.05, 0.1) is 17.0 Å². The second-order valence-electron chi connectivity index (χ2n) is 7.07. The van der Waals surface area contributed by atoms with Crippen LogP contribution in [0.15, 0.2) is 65.6 Å². The third-order valence-electron chi connectivity index (χ3n) is 5.24. The first-order valence-electron chi connectivity index (χ1n) is 9.54. The Morgan fingerprint density at radius 2 is 1.43 bits per heavy atom. The number of sulfonamides is 1. The van der Waals surface area contributed by atoms with E-state index >= 15 is 0 Å². The minimum Gasteiger partial charge on any atom is -0.348 e. The maximum Gasteiger partial charge on any atom is 0.243 e. The summed E-state index contributed by atoms with van der Waals surface area (Å²) in [6.45, 7) is 5.64. The molecule has 1 aliphatic rings. The average molecular weight is 402 g/mol. The Kier molecular flexibility index (Phi) is 6.49. The first-order chi connectivity index (χ1) is 13.4. The van der Waals surface area contributed by atoms with Crippen molar-refractivity contribution in [1.29, 1.82) is 0 Å². The molecule has 150 valence electrons. The van der Waals surface area contributed by atoms with Crippen molar-refractivity contribution < 1.29 is 13.2 Å². The van der Waals surface area contributed by atoms with Gasteiger partial charge in [0.15, 0.2) is 0 Å². The summed E-state index contributed by atoms with van der Waals surface area (Å²) in [5, 5.41) is 3.05. The molecule has 0 saturated carbocycles. The molecule has 7 heteroatoms. The molecule has 2 aromatic carbocycles. The van der Waals surface area contributed by atoms with Crippen molar-refractivity contribution in [3.8, 4) is 0 Å². The minimum absolute atomic E-state index is 0.0456. The summed E-state index contributed by atoms with van der Waals surface area (Å²) in [6.07, 6.45) is 0. The maximum absolute atomic E-state index is 12.7. The average Bonchev–Trinajstić information content (AvgIpc) is 2.74. The number of benzene rings is 2. The number of nitrogens with one attached hydrogen (secondary N) is 1. The van der Waals surface area contributed by atoms with Gasteiger partial charge in [-0.05, 0) is 31.5 Å². The summed E-state index contributed by atoms with van der Waals surface area (Å²) in [5.41, 5.74) is 1.06. The van der Waals surface area contributed by atoms with Gasteiger partial charge in [0.1, 0.15) is 0 Å². The quantitative estimate of drug-likeness (QED) is 0.806. The molecule has 2 atom stereocenters. The van der Waals surface area contributed by atoms with Crippen molar-refractivity contribution in [2.24, 2.45) is 0 Å². The summed E-state index contributed by atoms with van der Waals surface area (Å²) in [7, 11) is -3.48. The van der Waals surface area contributed by atoms with E-state index in [-0.39, 0.29) is 18.0 Å². The van der Waals surface area contributed by atoms with Gasteiger partial charge in [0, 0.05) is 26.2 Å². The summed E-state index contributed by atoms with van der Waals surface area (Å²) < 4.78 is 27.0. The molecule has 1 saturated heterocycles. The molecular formula is C21H27N3O3S. The molecule has 0 radical (unpaired) electrons. The maximum atomic E-state index is 12.7. The molecule has 28 heavy (non-hydrogen) atoms. The molecule has 1 amide bonds. The molecule has 6 nitrogen and oxygen atoms in total. The highest BCUT2D eigenvalue weighted by molar-refractivity contribution is 7.89. The lowest BCUT2D eigenvalue weighted by Crippen LogP contribution is -2.55. The first kappa shape index (κ1) is 20.5. The van der Waals surface area contributed by atoms with E-state index in [0.717, 1.165) is 5.56 Å². The van der Waals surface area contributed by atoms with E-state index in [4.69, 9.17) is 0 Å². The second-order valence-corrected chi connectivity index (χ2v) is 9.01. The van der Waals surface area contributed by atoms with Crippen LogP contribution in [0.4, 0.5) is 0 Å². The lowest BCUT2D eigenvalue weighted by Gasteiger charge is -2.37. The number of rotatable bonds is 6. The Morgan fingerprint density at radius 1 is 0.893 bits per heavy atom. The lowest BCUT2D eigenvalue weighted by molar-refractivity contribution is -0.127. The van der Waals surface area contributed by atoms with Crippen molar-refractivity contribution in [1.82, 2.24) is 14.5 Å². The van der Waals surface area contributed by atoms with E-state index < -0.39 is 10.0 Å². The molecule has 0 aliphatic carbocycles. The molecule has 0 bridgehead atoms. The Labute approximate surface area is 167 Å². The number of carbonyl (C=O) groups is 1. The molecule has 0 aromatic heterocycles. The van der Waals surface area contributed by atoms with Gasteiger partial charge in [0.2, 0.25) is 15.9 Å². The Hall–Kier alpha value is -2.22. The van der Waals surface area contributed by atoms with Crippen molar-refractivity contribution >= 4 is 15.9 Å². The number of amides is 1. The minimum atomic E-state index is -3.48. The molecule has 1 N–H and O–H groups in total. The first-order valence-corrected chi connectivity index (χ1v) is 11.0. The van der Waals surface area contributed by atoms with Crippen molar-refractivity contribution in [2.45, 2.75) is 30.8 Å². The largest absolute Gasteiger partial charge is 0.348 e. The molecule has 1 heterocycles. The predicted octanol–water partition coefficient (Wildman–Crippen LogP) is 2.26. The molecule has 0 unspecified atom stereocenters. The van der Waals surface area contributed by atoms with Gasteiger partial charge >= 0.3 is 0 Å². The Morgan fingerprint density at radius 3 is 2.00 bits per heavy atom. The summed E-state index contributed by atoms with van der Waals surface area (Å²) in [4.78, 5) is 15.0. The van der Waals surface area contributed by atoms with Crippen LogP contribution in [-0.2, 0) is 14.8 Å². The molecule has 2 aromatic rings. The fourth-order valence-electron chi connectivity index (χ4n) is 3.40. The van der Waals surface area contributed by atoms with Gasteiger partial charge in [-0.25, -0.2) is 8.42 Å². The van der Waals surface area contributed by atoms with E-state index in [1.807, 2.05) is 49.1 Å². The van der Waals surface area contributed by atoms with Crippen LogP contribution in [-0.4, -0.2) is 55.8 Å². The van der Waals surface area contributed by atoms with E-state index in [1.165, 1.54) is 4.31 Å². The number of nitrogens with zero attached hydrogens (tertiary/aromatic N) is 2. The van der Waals surface area contributed by atoms with Gasteiger partial charge in [0.25, 0.3) is 0 Å². The standard InChI is InChI=1S/C21H27N3O3S/c1-17(19-9-5-3-6-10-19)22-21(25)18(2)23-13-15-24(16-14-23)28(26,27)20-11-7-4-8-12-20/h3-12,17-18H,13-16H2,1-2H3,(H,22,25)/t17-,18-/m1/s1.